The highest BCUT2D eigenvalue weighted by Gasteiger charge is 2.31. The number of benzene rings is 2. The molecule has 194 valence electrons. The average molecular weight is 529 g/mol. The fourth-order valence-corrected chi connectivity index (χ4v) is 3.79. The first-order valence-corrected chi connectivity index (χ1v) is 10.9. The van der Waals surface area contributed by atoms with E-state index in [1.807, 2.05) is 0 Å². The van der Waals surface area contributed by atoms with E-state index in [1.165, 1.54) is 63.8 Å². The van der Waals surface area contributed by atoms with Crippen molar-refractivity contribution in [2.24, 2.45) is 0 Å². The summed E-state index contributed by atoms with van der Waals surface area (Å²) in [4.78, 5) is 12.8. The minimum Gasteiger partial charge on any atom is -0.494 e. The molecule has 0 atom stereocenters. The Morgan fingerprint density at radius 2 is 1.68 bits per heavy atom. The number of aromatic nitrogens is 5. The van der Waals surface area contributed by atoms with Gasteiger partial charge in [-0.15, -0.1) is 13.2 Å². The second kappa shape index (κ2) is 9.50. The molecule has 0 amide bonds. The predicted octanol–water partition coefficient (Wildman–Crippen LogP) is 5.06. The molecular formula is C25H16F5N5O3. The number of hydrogen-bond donors (Lipinski definition) is 0. The van der Waals surface area contributed by atoms with E-state index in [9.17, 15) is 26.7 Å². The highest BCUT2D eigenvalue weighted by molar-refractivity contribution is 5.59. The summed E-state index contributed by atoms with van der Waals surface area (Å²) in [6.45, 7) is 0. The van der Waals surface area contributed by atoms with Crippen LogP contribution in [0.2, 0.25) is 0 Å². The normalized spacial score (nSPS) is 11.5. The lowest BCUT2D eigenvalue weighted by Crippen LogP contribution is -2.17. The van der Waals surface area contributed by atoms with Gasteiger partial charge in [-0.25, -0.2) is 18.1 Å². The van der Waals surface area contributed by atoms with E-state index in [2.05, 4.69) is 14.9 Å². The lowest BCUT2D eigenvalue weighted by Gasteiger charge is -2.14. The van der Waals surface area contributed by atoms with Crippen molar-refractivity contribution in [3.8, 4) is 39.9 Å². The van der Waals surface area contributed by atoms with E-state index in [0.717, 1.165) is 24.5 Å². The summed E-state index contributed by atoms with van der Waals surface area (Å²) >= 11 is 0. The van der Waals surface area contributed by atoms with Crippen molar-refractivity contribution in [1.82, 2.24) is 24.1 Å². The van der Waals surface area contributed by atoms with E-state index in [1.54, 1.807) is 12.1 Å². The molecule has 0 aliphatic carbocycles. The number of nitrogens with zero attached hydrogens (tertiary/aromatic N) is 5. The van der Waals surface area contributed by atoms with Crippen LogP contribution >= 0.6 is 0 Å². The number of methoxy groups -OCH3 is 1. The highest BCUT2D eigenvalue weighted by atomic mass is 19.4. The molecule has 0 aliphatic heterocycles. The Kier molecular flexibility index (Phi) is 6.18. The maximum atomic E-state index is 13.5. The van der Waals surface area contributed by atoms with Crippen LogP contribution in [-0.4, -0.2) is 37.6 Å². The average Bonchev–Trinajstić information content (AvgIpc) is 3.50. The van der Waals surface area contributed by atoms with E-state index < -0.39 is 29.2 Å². The van der Waals surface area contributed by atoms with Crippen molar-refractivity contribution in [3.05, 3.63) is 101 Å². The topological polar surface area (TPSA) is 76.1 Å². The standard InChI is InChI=1S/C25H16F5N5O3/c1-37-23-12-15(33-13-18(26)19(27)14-33)5-6-20(23)34-10-8-22(36)24(32-34)21-7-9-31-35(21)16-3-2-4-17(11-16)38-25(28,29)30/h2-14H,1H3. The van der Waals surface area contributed by atoms with E-state index in [4.69, 9.17) is 4.74 Å². The van der Waals surface area contributed by atoms with Crippen molar-refractivity contribution in [1.29, 1.82) is 0 Å². The van der Waals surface area contributed by atoms with Crippen LogP contribution in [0.4, 0.5) is 22.0 Å². The molecule has 8 nitrogen and oxygen atoms in total. The van der Waals surface area contributed by atoms with Gasteiger partial charge in [0.15, 0.2) is 17.3 Å². The van der Waals surface area contributed by atoms with Gasteiger partial charge in [-0.05, 0) is 30.3 Å². The zero-order valence-electron chi connectivity index (χ0n) is 19.4. The summed E-state index contributed by atoms with van der Waals surface area (Å²) in [5.41, 5.74) is 0.706. The molecular weight excluding hydrogens is 513 g/mol. The molecule has 0 spiro atoms. The van der Waals surface area contributed by atoms with Crippen molar-refractivity contribution in [3.63, 3.8) is 0 Å². The molecule has 0 bridgehead atoms. The van der Waals surface area contributed by atoms with Crippen LogP contribution in [0.3, 0.4) is 0 Å². The molecule has 5 aromatic rings. The fourth-order valence-electron chi connectivity index (χ4n) is 3.79. The van der Waals surface area contributed by atoms with Gasteiger partial charge in [0, 0.05) is 42.5 Å². The van der Waals surface area contributed by atoms with Crippen molar-refractivity contribution in [2.45, 2.75) is 6.36 Å². The van der Waals surface area contributed by atoms with Crippen LogP contribution in [0.25, 0.3) is 28.5 Å². The van der Waals surface area contributed by atoms with Crippen molar-refractivity contribution < 1.29 is 31.4 Å². The minimum atomic E-state index is -4.88. The maximum Gasteiger partial charge on any atom is 0.573 e. The molecule has 2 aromatic carbocycles. The first-order valence-electron chi connectivity index (χ1n) is 10.9. The van der Waals surface area contributed by atoms with Gasteiger partial charge in [-0.3, -0.25) is 4.79 Å². The van der Waals surface area contributed by atoms with Crippen LogP contribution in [0, 0.1) is 11.6 Å². The van der Waals surface area contributed by atoms with Gasteiger partial charge >= 0.3 is 6.36 Å². The summed E-state index contributed by atoms with van der Waals surface area (Å²) < 4.78 is 78.3. The Hall–Kier alpha value is -4.94. The molecule has 38 heavy (non-hydrogen) atoms. The van der Waals surface area contributed by atoms with Crippen molar-refractivity contribution >= 4 is 0 Å². The van der Waals surface area contributed by atoms with Crippen LogP contribution in [0.1, 0.15) is 0 Å². The quantitative estimate of drug-likeness (QED) is 0.288. The zero-order chi connectivity index (χ0) is 27.0. The van der Waals surface area contributed by atoms with Gasteiger partial charge in [0.1, 0.15) is 17.2 Å². The van der Waals surface area contributed by atoms with Gasteiger partial charge in [0.05, 0.1) is 24.7 Å². The second-order valence-electron chi connectivity index (χ2n) is 7.86. The van der Waals surface area contributed by atoms with Crippen LogP contribution < -0.4 is 14.9 Å². The van der Waals surface area contributed by atoms with Gasteiger partial charge in [0.2, 0.25) is 5.43 Å². The highest BCUT2D eigenvalue weighted by Crippen LogP contribution is 2.28. The Bertz CT molecular complexity index is 1670. The predicted molar refractivity (Wildman–Crippen MR) is 125 cm³/mol. The molecule has 0 radical (unpaired) electrons. The molecule has 5 rings (SSSR count). The first-order chi connectivity index (χ1) is 18.1. The van der Waals surface area contributed by atoms with Crippen LogP contribution in [0.15, 0.2) is 84.2 Å². The maximum absolute atomic E-state index is 13.5. The van der Waals surface area contributed by atoms with Crippen molar-refractivity contribution in [2.75, 3.05) is 7.11 Å². The lowest BCUT2D eigenvalue weighted by atomic mass is 10.2. The molecule has 0 fully saturated rings. The van der Waals surface area contributed by atoms with Gasteiger partial charge in [-0.2, -0.15) is 10.2 Å². The van der Waals surface area contributed by atoms with E-state index >= 15 is 0 Å². The molecule has 0 saturated carbocycles. The summed E-state index contributed by atoms with van der Waals surface area (Å²) in [5, 5.41) is 8.54. The number of halogens is 5. The number of ether oxygens (including phenoxy) is 2. The molecule has 0 saturated heterocycles. The van der Waals surface area contributed by atoms with Gasteiger partial charge < -0.3 is 14.0 Å². The number of alkyl halides is 3. The largest absolute Gasteiger partial charge is 0.573 e. The number of rotatable bonds is 6. The smallest absolute Gasteiger partial charge is 0.494 e. The fraction of sp³-hybridized carbons (Fsp3) is 0.0800. The molecule has 0 N–H and O–H groups in total. The zero-order valence-corrected chi connectivity index (χ0v) is 19.4. The monoisotopic (exact) mass is 529 g/mol. The third kappa shape index (κ3) is 4.85. The van der Waals surface area contributed by atoms with Gasteiger partial charge in [0.25, 0.3) is 0 Å². The number of hydrogen-bond acceptors (Lipinski definition) is 5. The molecule has 13 heteroatoms. The Morgan fingerprint density at radius 1 is 0.921 bits per heavy atom. The summed E-state index contributed by atoms with van der Waals surface area (Å²) in [6.07, 6.45) is -0.143. The Morgan fingerprint density at radius 3 is 2.39 bits per heavy atom. The molecule has 3 heterocycles. The molecule has 0 aliphatic rings. The lowest BCUT2D eigenvalue weighted by molar-refractivity contribution is -0.274. The van der Waals surface area contributed by atoms with E-state index in [-0.39, 0.29) is 22.8 Å². The Labute approximate surface area is 210 Å². The third-order valence-corrected chi connectivity index (χ3v) is 5.43. The van der Waals surface area contributed by atoms with Crippen LogP contribution in [-0.2, 0) is 0 Å². The van der Waals surface area contributed by atoms with Gasteiger partial charge in [-0.1, -0.05) is 6.07 Å². The summed E-state index contributed by atoms with van der Waals surface area (Å²) in [5.74, 6) is -2.19. The van der Waals surface area contributed by atoms with E-state index in [0.29, 0.717) is 11.4 Å². The molecule has 0 unspecified atom stereocenters. The molecule has 3 aromatic heterocycles. The summed E-state index contributed by atoms with van der Waals surface area (Å²) in [6, 6.07) is 12.6. The first kappa shape index (κ1) is 24.7. The minimum absolute atomic E-state index is 0.0483. The second-order valence-corrected chi connectivity index (χ2v) is 7.86. The van der Waals surface area contributed by atoms with Crippen LogP contribution in [0.5, 0.6) is 11.5 Å². The Balaban J connectivity index is 1.55. The SMILES string of the molecule is COc1cc(-n2cc(F)c(F)c2)ccc1-n1ccc(=O)c(-c2ccnn2-c2cccc(OC(F)(F)F)c2)n1. The third-order valence-electron chi connectivity index (χ3n) is 5.43. The summed E-state index contributed by atoms with van der Waals surface area (Å²) in [7, 11) is 1.40.